The number of hydrogen-bond acceptors (Lipinski definition) is 4. The molecule has 1 aliphatic heterocycles. The summed E-state index contributed by atoms with van der Waals surface area (Å²) in [7, 11) is 0. The Morgan fingerprint density at radius 2 is 1.89 bits per heavy atom. The Kier molecular flexibility index (Phi) is 7.28. The molecule has 6 heteroatoms. The Balaban J connectivity index is 1.82. The second-order valence-electron chi connectivity index (χ2n) is 7.55. The molecule has 1 saturated heterocycles. The molecular formula is C21H30N2O4. The van der Waals surface area contributed by atoms with Crippen molar-refractivity contribution in [2.45, 2.75) is 52.2 Å². The summed E-state index contributed by atoms with van der Waals surface area (Å²) < 4.78 is 10.9. The maximum Gasteiger partial charge on any atom is 0.410 e. The van der Waals surface area contributed by atoms with Gasteiger partial charge in [-0.2, -0.15) is 0 Å². The van der Waals surface area contributed by atoms with Crippen molar-refractivity contribution in [3.63, 3.8) is 0 Å². The number of carbonyl (C=O) groups is 2. The molecule has 1 aromatic carbocycles. The van der Waals surface area contributed by atoms with E-state index in [0.29, 0.717) is 32.5 Å². The highest BCUT2D eigenvalue weighted by Gasteiger charge is 2.27. The fourth-order valence-electron chi connectivity index (χ4n) is 2.85. The molecule has 1 N–H and O–H groups in total. The van der Waals surface area contributed by atoms with Crippen molar-refractivity contribution in [1.82, 2.24) is 10.2 Å². The molecule has 0 unspecified atom stereocenters. The maximum atomic E-state index is 12.2. The van der Waals surface area contributed by atoms with E-state index < -0.39 is 5.60 Å². The van der Waals surface area contributed by atoms with Gasteiger partial charge in [0.25, 0.3) is 0 Å². The highest BCUT2D eigenvalue weighted by atomic mass is 16.6. The van der Waals surface area contributed by atoms with Gasteiger partial charge < -0.3 is 19.7 Å². The molecule has 0 atom stereocenters. The topological polar surface area (TPSA) is 67.9 Å². The number of hydrogen-bond donors (Lipinski definition) is 1. The number of likely N-dealkylation sites (tertiary alicyclic amines) is 1. The van der Waals surface area contributed by atoms with E-state index in [-0.39, 0.29) is 18.0 Å². The average molecular weight is 374 g/mol. The molecular weight excluding hydrogens is 344 g/mol. The number of para-hydroxylation sites is 1. The monoisotopic (exact) mass is 374 g/mol. The van der Waals surface area contributed by atoms with E-state index in [1.165, 1.54) is 6.08 Å². The smallest absolute Gasteiger partial charge is 0.410 e. The van der Waals surface area contributed by atoms with Crippen LogP contribution in [0.5, 0.6) is 5.75 Å². The lowest BCUT2D eigenvalue weighted by Crippen LogP contribution is -2.47. The SMILES string of the molecule is CCOc1ccccc1/C=C/C(=O)NC1CCN(C(=O)OC(C)(C)C)CC1. The lowest BCUT2D eigenvalue weighted by molar-refractivity contribution is -0.117. The van der Waals surface area contributed by atoms with Crippen LogP contribution in [-0.4, -0.2) is 48.2 Å². The zero-order valence-corrected chi connectivity index (χ0v) is 16.7. The van der Waals surface area contributed by atoms with Gasteiger partial charge in [-0.05, 0) is 52.7 Å². The third kappa shape index (κ3) is 6.96. The minimum absolute atomic E-state index is 0.0583. The Morgan fingerprint density at radius 3 is 2.52 bits per heavy atom. The fraction of sp³-hybridized carbons (Fsp3) is 0.524. The Hall–Kier alpha value is -2.50. The summed E-state index contributed by atoms with van der Waals surface area (Å²) in [5.74, 6) is 0.617. The molecule has 148 valence electrons. The Morgan fingerprint density at radius 1 is 1.22 bits per heavy atom. The van der Waals surface area contributed by atoms with Crippen LogP contribution in [0.2, 0.25) is 0 Å². The Labute approximate surface area is 161 Å². The first-order valence-corrected chi connectivity index (χ1v) is 9.47. The number of nitrogens with one attached hydrogen (secondary N) is 1. The largest absolute Gasteiger partial charge is 0.493 e. The van der Waals surface area contributed by atoms with Crippen LogP contribution in [0.4, 0.5) is 4.79 Å². The maximum absolute atomic E-state index is 12.2. The van der Waals surface area contributed by atoms with E-state index in [4.69, 9.17) is 9.47 Å². The average Bonchev–Trinajstić information content (AvgIpc) is 2.60. The van der Waals surface area contributed by atoms with Crippen molar-refractivity contribution in [3.05, 3.63) is 35.9 Å². The summed E-state index contributed by atoms with van der Waals surface area (Å²) in [5.41, 5.74) is 0.374. The first-order chi connectivity index (χ1) is 12.8. The summed E-state index contributed by atoms with van der Waals surface area (Å²) >= 11 is 0. The number of amides is 2. The van der Waals surface area contributed by atoms with Gasteiger partial charge in [0.05, 0.1) is 6.61 Å². The first kappa shape index (κ1) is 20.8. The molecule has 2 rings (SSSR count). The van der Waals surface area contributed by atoms with E-state index in [1.807, 2.05) is 52.0 Å². The van der Waals surface area contributed by atoms with Gasteiger partial charge in [-0.15, -0.1) is 0 Å². The van der Waals surface area contributed by atoms with Gasteiger partial charge in [-0.1, -0.05) is 18.2 Å². The van der Waals surface area contributed by atoms with Crippen LogP contribution < -0.4 is 10.1 Å². The van der Waals surface area contributed by atoms with Crippen molar-refractivity contribution in [2.75, 3.05) is 19.7 Å². The molecule has 0 aliphatic carbocycles. The molecule has 1 heterocycles. The van der Waals surface area contributed by atoms with E-state index in [0.717, 1.165) is 11.3 Å². The highest BCUT2D eigenvalue weighted by molar-refractivity contribution is 5.92. The minimum Gasteiger partial charge on any atom is -0.493 e. The predicted octanol–water partition coefficient (Wildman–Crippen LogP) is 3.61. The van der Waals surface area contributed by atoms with E-state index in [1.54, 1.807) is 11.0 Å². The number of piperidine rings is 1. The van der Waals surface area contributed by atoms with Crippen molar-refractivity contribution >= 4 is 18.1 Å². The summed E-state index contributed by atoms with van der Waals surface area (Å²) in [6, 6.07) is 7.66. The van der Waals surface area contributed by atoms with Crippen LogP contribution in [0.1, 0.15) is 46.1 Å². The summed E-state index contributed by atoms with van der Waals surface area (Å²) in [4.78, 5) is 26.0. The zero-order valence-electron chi connectivity index (χ0n) is 16.7. The van der Waals surface area contributed by atoms with E-state index in [9.17, 15) is 9.59 Å². The molecule has 1 fully saturated rings. The Bertz CT molecular complexity index is 671. The second-order valence-corrected chi connectivity index (χ2v) is 7.55. The van der Waals surface area contributed by atoms with Crippen LogP contribution in [0, 0.1) is 0 Å². The molecule has 0 radical (unpaired) electrons. The van der Waals surface area contributed by atoms with E-state index >= 15 is 0 Å². The third-order valence-electron chi connectivity index (χ3n) is 4.13. The van der Waals surface area contributed by atoms with Crippen molar-refractivity contribution in [3.8, 4) is 5.75 Å². The molecule has 1 aromatic rings. The van der Waals surface area contributed by atoms with Gasteiger partial charge in [0, 0.05) is 30.8 Å². The molecule has 0 saturated carbocycles. The van der Waals surface area contributed by atoms with Crippen LogP contribution in [0.25, 0.3) is 6.08 Å². The molecule has 0 bridgehead atoms. The van der Waals surface area contributed by atoms with Crippen molar-refractivity contribution in [1.29, 1.82) is 0 Å². The van der Waals surface area contributed by atoms with Gasteiger partial charge in [0.2, 0.25) is 5.91 Å². The van der Waals surface area contributed by atoms with Gasteiger partial charge >= 0.3 is 6.09 Å². The number of benzene rings is 1. The summed E-state index contributed by atoms with van der Waals surface area (Å²) in [6.07, 6.45) is 4.43. The number of carbonyl (C=O) groups excluding carboxylic acids is 2. The number of ether oxygens (including phenoxy) is 2. The zero-order chi connectivity index (χ0) is 19.9. The van der Waals surface area contributed by atoms with Gasteiger partial charge in [-0.25, -0.2) is 4.79 Å². The quantitative estimate of drug-likeness (QED) is 0.800. The van der Waals surface area contributed by atoms with Crippen LogP contribution in [0.15, 0.2) is 30.3 Å². The lowest BCUT2D eigenvalue weighted by atomic mass is 10.1. The standard InChI is InChI=1S/C21H30N2O4/c1-5-26-18-9-7-6-8-16(18)10-11-19(24)22-17-12-14-23(15-13-17)20(25)27-21(2,3)4/h6-11,17H,5,12-15H2,1-4H3,(H,22,24)/b11-10+. The molecule has 27 heavy (non-hydrogen) atoms. The van der Waals surface area contributed by atoms with Crippen LogP contribution >= 0.6 is 0 Å². The van der Waals surface area contributed by atoms with Gasteiger partial charge in [0.1, 0.15) is 11.4 Å². The molecule has 0 aromatic heterocycles. The summed E-state index contributed by atoms with van der Waals surface area (Å²) in [6.45, 7) is 9.23. The molecule has 2 amide bonds. The molecule has 6 nitrogen and oxygen atoms in total. The highest BCUT2D eigenvalue weighted by Crippen LogP contribution is 2.19. The first-order valence-electron chi connectivity index (χ1n) is 9.47. The van der Waals surface area contributed by atoms with Crippen molar-refractivity contribution in [2.24, 2.45) is 0 Å². The second kappa shape index (κ2) is 9.44. The van der Waals surface area contributed by atoms with Crippen LogP contribution in [-0.2, 0) is 9.53 Å². The predicted molar refractivity (Wildman–Crippen MR) is 106 cm³/mol. The minimum atomic E-state index is -0.495. The van der Waals surface area contributed by atoms with Gasteiger partial charge in [0.15, 0.2) is 0 Å². The molecule has 0 spiro atoms. The third-order valence-corrected chi connectivity index (χ3v) is 4.13. The summed E-state index contributed by atoms with van der Waals surface area (Å²) in [5, 5.41) is 3.00. The normalized spacial score (nSPS) is 15.6. The number of rotatable bonds is 5. The molecule has 1 aliphatic rings. The lowest BCUT2D eigenvalue weighted by Gasteiger charge is -2.33. The number of nitrogens with zero attached hydrogens (tertiary/aromatic N) is 1. The van der Waals surface area contributed by atoms with Gasteiger partial charge in [-0.3, -0.25) is 4.79 Å². The fourth-order valence-corrected chi connectivity index (χ4v) is 2.85. The van der Waals surface area contributed by atoms with Crippen LogP contribution in [0.3, 0.4) is 0 Å². The van der Waals surface area contributed by atoms with Crippen molar-refractivity contribution < 1.29 is 19.1 Å². The van der Waals surface area contributed by atoms with E-state index in [2.05, 4.69) is 5.32 Å².